The molecule has 0 aliphatic heterocycles. The Balaban J connectivity index is 2.67. The van der Waals surface area contributed by atoms with Crippen LogP contribution in [0.3, 0.4) is 0 Å². The Bertz CT molecular complexity index is 378. The van der Waals surface area contributed by atoms with E-state index >= 15 is 0 Å². The van der Waals surface area contributed by atoms with Crippen LogP contribution < -0.4 is 4.74 Å². The smallest absolute Gasteiger partial charge is 0.176 e. The molecule has 0 spiro atoms. The third-order valence-corrected chi connectivity index (χ3v) is 2.15. The van der Waals surface area contributed by atoms with Crippen LogP contribution in [0.1, 0.15) is 5.56 Å². The van der Waals surface area contributed by atoms with Crippen molar-refractivity contribution < 1.29 is 18.6 Å². The lowest BCUT2D eigenvalue weighted by Crippen LogP contribution is -2.16. The zero-order valence-corrected chi connectivity index (χ0v) is 10.1. The van der Waals surface area contributed by atoms with Crippen molar-refractivity contribution in [2.24, 2.45) is 4.99 Å². The van der Waals surface area contributed by atoms with E-state index in [0.717, 1.165) is 0 Å². The van der Waals surface area contributed by atoms with Crippen molar-refractivity contribution in [2.75, 3.05) is 27.9 Å². The predicted molar refractivity (Wildman–Crippen MR) is 63.2 cm³/mol. The van der Waals surface area contributed by atoms with Crippen molar-refractivity contribution in [2.45, 2.75) is 6.29 Å². The van der Waals surface area contributed by atoms with Gasteiger partial charge in [-0.1, -0.05) is 0 Å². The van der Waals surface area contributed by atoms with Crippen molar-refractivity contribution in [3.05, 3.63) is 29.6 Å². The molecule has 0 saturated carbocycles. The van der Waals surface area contributed by atoms with E-state index < -0.39 is 0 Å². The molecule has 0 heterocycles. The van der Waals surface area contributed by atoms with Crippen molar-refractivity contribution in [3.63, 3.8) is 0 Å². The fraction of sp³-hybridized carbons (Fsp3) is 0.417. The molecular formula is C12H16FNO3. The first-order chi connectivity index (χ1) is 8.19. The molecule has 0 aliphatic rings. The molecule has 0 N–H and O–H groups in total. The van der Waals surface area contributed by atoms with Gasteiger partial charge in [0, 0.05) is 26.5 Å². The van der Waals surface area contributed by atoms with Gasteiger partial charge in [-0.15, -0.1) is 0 Å². The summed E-state index contributed by atoms with van der Waals surface area (Å²) in [6.45, 7) is 0.353. The number of hydrogen-bond acceptors (Lipinski definition) is 4. The number of benzene rings is 1. The van der Waals surface area contributed by atoms with Gasteiger partial charge in [0.25, 0.3) is 0 Å². The van der Waals surface area contributed by atoms with Crippen LogP contribution in [0.2, 0.25) is 0 Å². The highest BCUT2D eigenvalue weighted by molar-refractivity contribution is 5.80. The first-order valence-corrected chi connectivity index (χ1v) is 5.09. The summed E-state index contributed by atoms with van der Waals surface area (Å²) < 4.78 is 28.0. The van der Waals surface area contributed by atoms with E-state index in [9.17, 15) is 4.39 Å². The number of rotatable bonds is 6. The lowest BCUT2D eigenvalue weighted by molar-refractivity contribution is -0.0936. The number of methoxy groups -OCH3 is 3. The van der Waals surface area contributed by atoms with E-state index in [4.69, 9.17) is 14.2 Å². The summed E-state index contributed by atoms with van der Waals surface area (Å²) in [4.78, 5) is 4.10. The molecule has 0 atom stereocenters. The van der Waals surface area contributed by atoms with E-state index in [1.54, 1.807) is 12.3 Å². The second-order valence-corrected chi connectivity index (χ2v) is 3.32. The molecular weight excluding hydrogens is 225 g/mol. The van der Waals surface area contributed by atoms with Gasteiger partial charge in [0.1, 0.15) is 11.6 Å². The summed E-state index contributed by atoms with van der Waals surface area (Å²) in [6.07, 6.45) is 1.16. The van der Waals surface area contributed by atoms with Crippen molar-refractivity contribution in [3.8, 4) is 5.75 Å². The molecule has 94 valence electrons. The quantitative estimate of drug-likeness (QED) is 0.564. The number of ether oxygens (including phenoxy) is 3. The standard InChI is InChI=1S/C12H16FNO3/c1-15-11-5-9(4-10(13)6-11)7-14-8-12(16-2)17-3/h4-7,12H,8H2,1-3H3. The lowest BCUT2D eigenvalue weighted by atomic mass is 10.2. The minimum atomic E-state index is -0.387. The van der Waals surface area contributed by atoms with Gasteiger partial charge in [-0.3, -0.25) is 4.99 Å². The summed E-state index contributed by atoms with van der Waals surface area (Å²) in [7, 11) is 4.56. The Kier molecular flexibility index (Phi) is 5.59. The van der Waals surface area contributed by atoms with E-state index in [0.29, 0.717) is 17.9 Å². The molecule has 1 aromatic carbocycles. The van der Waals surface area contributed by atoms with Crippen LogP contribution in [0.5, 0.6) is 5.75 Å². The summed E-state index contributed by atoms with van der Waals surface area (Å²) in [6, 6.07) is 4.38. The molecule has 17 heavy (non-hydrogen) atoms. The summed E-state index contributed by atoms with van der Waals surface area (Å²) in [5.74, 6) is 0.0994. The summed E-state index contributed by atoms with van der Waals surface area (Å²) in [5, 5.41) is 0. The highest BCUT2D eigenvalue weighted by Crippen LogP contribution is 2.14. The maximum Gasteiger partial charge on any atom is 0.176 e. The van der Waals surface area contributed by atoms with Crippen LogP contribution in [-0.2, 0) is 9.47 Å². The Morgan fingerprint density at radius 3 is 2.53 bits per heavy atom. The van der Waals surface area contributed by atoms with Crippen molar-refractivity contribution in [1.29, 1.82) is 0 Å². The molecule has 1 rings (SSSR count). The Hall–Kier alpha value is -1.46. The fourth-order valence-electron chi connectivity index (χ4n) is 1.27. The molecule has 0 aromatic heterocycles. The van der Waals surface area contributed by atoms with Gasteiger partial charge in [-0.05, 0) is 17.7 Å². The third kappa shape index (κ3) is 4.50. The highest BCUT2D eigenvalue weighted by Gasteiger charge is 2.02. The van der Waals surface area contributed by atoms with Gasteiger partial charge in [0.05, 0.1) is 13.7 Å². The average Bonchev–Trinajstić information content (AvgIpc) is 2.34. The monoisotopic (exact) mass is 241 g/mol. The van der Waals surface area contributed by atoms with Crippen LogP contribution in [0, 0.1) is 5.82 Å². The molecule has 0 saturated heterocycles. The molecule has 5 heteroatoms. The molecule has 0 aliphatic carbocycles. The van der Waals surface area contributed by atoms with Crippen molar-refractivity contribution >= 4 is 6.21 Å². The molecule has 4 nitrogen and oxygen atoms in total. The van der Waals surface area contributed by atoms with Gasteiger partial charge in [0.2, 0.25) is 0 Å². The summed E-state index contributed by atoms with van der Waals surface area (Å²) in [5.41, 5.74) is 0.632. The zero-order chi connectivity index (χ0) is 12.7. The maximum absolute atomic E-state index is 13.1. The number of hydrogen-bond donors (Lipinski definition) is 0. The first kappa shape index (κ1) is 13.6. The minimum Gasteiger partial charge on any atom is -0.497 e. The van der Waals surface area contributed by atoms with Crippen LogP contribution in [-0.4, -0.2) is 40.4 Å². The Labute approximate surface area is 100 Å². The minimum absolute atomic E-state index is 0.353. The second-order valence-electron chi connectivity index (χ2n) is 3.32. The molecule has 0 amide bonds. The molecule has 0 radical (unpaired) electrons. The molecule has 1 aromatic rings. The fourth-order valence-corrected chi connectivity index (χ4v) is 1.27. The van der Waals surface area contributed by atoms with E-state index in [-0.39, 0.29) is 12.1 Å². The molecule has 0 bridgehead atoms. The SMILES string of the molecule is COc1cc(F)cc(C=NCC(OC)OC)c1. The van der Waals surface area contributed by atoms with Gasteiger partial charge < -0.3 is 14.2 Å². The van der Waals surface area contributed by atoms with E-state index in [2.05, 4.69) is 4.99 Å². The normalized spacial score (nSPS) is 11.4. The molecule has 0 unspecified atom stereocenters. The first-order valence-electron chi connectivity index (χ1n) is 5.09. The maximum atomic E-state index is 13.1. The molecule has 0 fully saturated rings. The number of halogens is 1. The number of nitrogens with zero attached hydrogens (tertiary/aromatic N) is 1. The Morgan fingerprint density at radius 2 is 1.94 bits per heavy atom. The van der Waals surface area contributed by atoms with Crippen LogP contribution in [0.25, 0.3) is 0 Å². The average molecular weight is 241 g/mol. The summed E-state index contributed by atoms with van der Waals surface area (Å²) >= 11 is 0. The van der Waals surface area contributed by atoms with E-state index in [1.165, 1.54) is 33.5 Å². The largest absolute Gasteiger partial charge is 0.497 e. The second kappa shape index (κ2) is 6.98. The number of aliphatic imine (C=N–C) groups is 1. The van der Waals surface area contributed by atoms with E-state index in [1.807, 2.05) is 0 Å². The van der Waals surface area contributed by atoms with Crippen LogP contribution >= 0.6 is 0 Å². The highest BCUT2D eigenvalue weighted by atomic mass is 19.1. The Morgan fingerprint density at radius 1 is 1.24 bits per heavy atom. The lowest BCUT2D eigenvalue weighted by Gasteiger charge is -2.09. The predicted octanol–water partition coefficient (Wildman–Crippen LogP) is 1.87. The van der Waals surface area contributed by atoms with Gasteiger partial charge >= 0.3 is 0 Å². The van der Waals surface area contributed by atoms with Gasteiger partial charge in [0.15, 0.2) is 6.29 Å². The van der Waals surface area contributed by atoms with Crippen LogP contribution in [0.15, 0.2) is 23.2 Å². The topological polar surface area (TPSA) is 40.0 Å². The van der Waals surface area contributed by atoms with Gasteiger partial charge in [-0.2, -0.15) is 0 Å². The third-order valence-electron chi connectivity index (χ3n) is 2.15. The van der Waals surface area contributed by atoms with Crippen LogP contribution in [0.4, 0.5) is 4.39 Å². The zero-order valence-electron chi connectivity index (χ0n) is 10.1. The van der Waals surface area contributed by atoms with Gasteiger partial charge in [-0.25, -0.2) is 4.39 Å². The van der Waals surface area contributed by atoms with Crippen molar-refractivity contribution in [1.82, 2.24) is 0 Å².